The highest BCUT2D eigenvalue weighted by atomic mass is 15.5. The predicted molar refractivity (Wildman–Crippen MR) is 79.4 cm³/mol. The van der Waals surface area contributed by atoms with Crippen LogP contribution in [-0.4, -0.2) is 47.5 Å². The van der Waals surface area contributed by atoms with Gasteiger partial charge in [0.1, 0.15) is 0 Å². The SMILES string of the molecule is CCCN1C2=NC[C@H](C)N2C[C@@H]1Cc1ccccc1. The fourth-order valence-corrected chi connectivity index (χ4v) is 3.19. The Labute approximate surface area is 115 Å². The van der Waals surface area contributed by atoms with Gasteiger partial charge in [-0.05, 0) is 25.3 Å². The lowest BCUT2D eigenvalue weighted by atomic mass is 10.1. The van der Waals surface area contributed by atoms with Crippen molar-refractivity contribution >= 4 is 5.96 Å². The van der Waals surface area contributed by atoms with E-state index in [1.807, 2.05) is 0 Å². The van der Waals surface area contributed by atoms with Gasteiger partial charge in [0, 0.05) is 19.1 Å². The summed E-state index contributed by atoms with van der Waals surface area (Å²) in [7, 11) is 0. The first-order chi connectivity index (χ1) is 9.29. The number of guanidine groups is 1. The minimum atomic E-state index is 0.579. The zero-order valence-corrected chi connectivity index (χ0v) is 11.9. The second-order valence-corrected chi connectivity index (χ2v) is 5.68. The first-order valence-corrected chi connectivity index (χ1v) is 7.41. The summed E-state index contributed by atoms with van der Waals surface area (Å²) in [5.74, 6) is 1.25. The lowest BCUT2D eigenvalue weighted by molar-refractivity contribution is 0.321. The molecule has 3 rings (SSSR count). The normalized spacial score (nSPS) is 25.7. The second kappa shape index (κ2) is 5.24. The Balaban J connectivity index is 1.77. The fourth-order valence-electron chi connectivity index (χ4n) is 3.19. The summed E-state index contributed by atoms with van der Waals surface area (Å²) in [6, 6.07) is 12.0. The molecule has 1 saturated heterocycles. The van der Waals surface area contributed by atoms with Crippen molar-refractivity contribution in [2.24, 2.45) is 4.99 Å². The largest absolute Gasteiger partial charge is 0.338 e. The Kier molecular flexibility index (Phi) is 3.45. The number of rotatable bonds is 4. The van der Waals surface area contributed by atoms with Gasteiger partial charge in [-0.25, -0.2) is 0 Å². The molecule has 2 aliphatic rings. The van der Waals surface area contributed by atoms with Gasteiger partial charge < -0.3 is 9.80 Å². The molecule has 0 aliphatic carbocycles. The van der Waals surface area contributed by atoms with Gasteiger partial charge in [0.2, 0.25) is 0 Å². The fraction of sp³-hybridized carbons (Fsp3) is 0.562. The third-order valence-electron chi connectivity index (χ3n) is 4.17. The molecule has 2 heterocycles. The van der Waals surface area contributed by atoms with Crippen LogP contribution in [0.25, 0.3) is 0 Å². The summed E-state index contributed by atoms with van der Waals surface area (Å²) in [4.78, 5) is 9.75. The van der Waals surface area contributed by atoms with Crippen molar-refractivity contribution in [3.05, 3.63) is 35.9 Å². The maximum absolute atomic E-state index is 4.74. The van der Waals surface area contributed by atoms with Crippen LogP contribution in [0.1, 0.15) is 25.8 Å². The zero-order valence-electron chi connectivity index (χ0n) is 11.9. The van der Waals surface area contributed by atoms with Gasteiger partial charge in [-0.15, -0.1) is 0 Å². The average Bonchev–Trinajstić information content (AvgIpc) is 2.94. The Hall–Kier alpha value is -1.51. The maximum atomic E-state index is 4.74. The molecule has 1 aromatic rings. The van der Waals surface area contributed by atoms with E-state index in [1.54, 1.807) is 0 Å². The molecule has 0 unspecified atom stereocenters. The van der Waals surface area contributed by atoms with E-state index in [0.29, 0.717) is 12.1 Å². The molecule has 0 saturated carbocycles. The van der Waals surface area contributed by atoms with Crippen LogP contribution in [0.15, 0.2) is 35.3 Å². The molecule has 0 aromatic heterocycles. The summed E-state index contributed by atoms with van der Waals surface area (Å²) >= 11 is 0. The van der Waals surface area contributed by atoms with Crippen molar-refractivity contribution in [2.75, 3.05) is 19.6 Å². The van der Waals surface area contributed by atoms with Crippen LogP contribution in [0.2, 0.25) is 0 Å². The van der Waals surface area contributed by atoms with Gasteiger partial charge in [-0.3, -0.25) is 4.99 Å². The quantitative estimate of drug-likeness (QED) is 0.825. The number of hydrogen-bond donors (Lipinski definition) is 0. The van der Waals surface area contributed by atoms with Crippen molar-refractivity contribution in [1.29, 1.82) is 0 Å². The summed E-state index contributed by atoms with van der Waals surface area (Å²) in [5.41, 5.74) is 1.43. The van der Waals surface area contributed by atoms with Crippen molar-refractivity contribution < 1.29 is 0 Å². The monoisotopic (exact) mass is 257 g/mol. The van der Waals surface area contributed by atoms with E-state index in [2.05, 4.69) is 54.0 Å². The Morgan fingerprint density at radius 3 is 2.79 bits per heavy atom. The molecule has 0 spiro atoms. The lowest BCUT2D eigenvalue weighted by Crippen LogP contribution is -2.37. The standard InChI is InChI=1S/C16H23N3/c1-3-9-18-15(10-14-7-5-4-6-8-14)12-19-13(2)11-17-16(18)19/h4-8,13,15H,3,9-12H2,1-2H3/t13-,15-/m0/s1. The minimum Gasteiger partial charge on any atom is -0.338 e. The van der Waals surface area contributed by atoms with Crippen LogP contribution in [0.4, 0.5) is 0 Å². The zero-order chi connectivity index (χ0) is 13.2. The molecule has 3 heteroatoms. The molecule has 19 heavy (non-hydrogen) atoms. The van der Waals surface area contributed by atoms with Crippen molar-refractivity contribution in [3.63, 3.8) is 0 Å². The molecule has 2 aliphatic heterocycles. The van der Waals surface area contributed by atoms with E-state index in [4.69, 9.17) is 4.99 Å². The third-order valence-corrected chi connectivity index (χ3v) is 4.17. The van der Waals surface area contributed by atoms with Gasteiger partial charge in [0.05, 0.1) is 12.6 Å². The summed E-state index contributed by atoms with van der Waals surface area (Å²) in [6.45, 7) is 7.76. The van der Waals surface area contributed by atoms with Crippen LogP contribution in [0.5, 0.6) is 0 Å². The van der Waals surface area contributed by atoms with Crippen LogP contribution >= 0.6 is 0 Å². The highest BCUT2D eigenvalue weighted by Gasteiger charge is 2.39. The number of nitrogens with zero attached hydrogens (tertiary/aromatic N) is 3. The minimum absolute atomic E-state index is 0.579. The van der Waals surface area contributed by atoms with Gasteiger partial charge in [0.15, 0.2) is 5.96 Å². The van der Waals surface area contributed by atoms with E-state index >= 15 is 0 Å². The smallest absolute Gasteiger partial charge is 0.197 e. The van der Waals surface area contributed by atoms with E-state index in [1.165, 1.54) is 17.9 Å². The first-order valence-electron chi connectivity index (χ1n) is 7.41. The lowest BCUT2D eigenvalue weighted by Gasteiger charge is -2.24. The number of fused-ring (bicyclic) bond motifs is 1. The molecule has 3 nitrogen and oxygen atoms in total. The molecule has 1 fully saturated rings. The predicted octanol–water partition coefficient (Wildman–Crippen LogP) is 2.38. The average molecular weight is 257 g/mol. The van der Waals surface area contributed by atoms with Gasteiger partial charge in [-0.1, -0.05) is 37.3 Å². The Bertz CT molecular complexity index is 454. The van der Waals surface area contributed by atoms with Crippen molar-refractivity contribution in [3.8, 4) is 0 Å². The van der Waals surface area contributed by atoms with E-state index in [-0.39, 0.29) is 0 Å². The maximum Gasteiger partial charge on any atom is 0.197 e. The van der Waals surface area contributed by atoms with Crippen LogP contribution in [0.3, 0.4) is 0 Å². The third kappa shape index (κ3) is 2.34. The summed E-state index contributed by atoms with van der Waals surface area (Å²) < 4.78 is 0. The number of benzene rings is 1. The number of aliphatic imine (C=N–C) groups is 1. The molecule has 102 valence electrons. The summed E-state index contributed by atoms with van der Waals surface area (Å²) in [6.07, 6.45) is 2.32. The topological polar surface area (TPSA) is 18.8 Å². The molecule has 0 bridgehead atoms. The van der Waals surface area contributed by atoms with Crippen LogP contribution in [-0.2, 0) is 6.42 Å². The molecule has 0 amide bonds. The molecule has 0 radical (unpaired) electrons. The van der Waals surface area contributed by atoms with Crippen LogP contribution < -0.4 is 0 Å². The van der Waals surface area contributed by atoms with Crippen LogP contribution in [0, 0.1) is 0 Å². The molecular weight excluding hydrogens is 234 g/mol. The Morgan fingerprint density at radius 2 is 2.05 bits per heavy atom. The van der Waals surface area contributed by atoms with Crippen molar-refractivity contribution in [1.82, 2.24) is 9.80 Å². The van der Waals surface area contributed by atoms with Crippen molar-refractivity contribution in [2.45, 2.75) is 38.8 Å². The number of hydrogen-bond acceptors (Lipinski definition) is 3. The van der Waals surface area contributed by atoms with E-state index in [0.717, 1.165) is 26.1 Å². The van der Waals surface area contributed by atoms with E-state index in [9.17, 15) is 0 Å². The van der Waals surface area contributed by atoms with E-state index < -0.39 is 0 Å². The molecule has 0 N–H and O–H groups in total. The molecule has 2 atom stereocenters. The Morgan fingerprint density at radius 1 is 1.26 bits per heavy atom. The highest BCUT2D eigenvalue weighted by Crippen LogP contribution is 2.25. The highest BCUT2D eigenvalue weighted by molar-refractivity contribution is 5.84. The van der Waals surface area contributed by atoms with Gasteiger partial charge in [-0.2, -0.15) is 0 Å². The van der Waals surface area contributed by atoms with Gasteiger partial charge >= 0.3 is 0 Å². The first kappa shape index (κ1) is 12.5. The van der Waals surface area contributed by atoms with Gasteiger partial charge in [0.25, 0.3) is 0 Å². The molecule has 1 aromatic carbocycles. The second-order valence-electron chi connectivity index (χ2n) is 5.68. The molecular formula is C16H23N3. The summed E-state index contributed by atoms with van der Waals surface area (Å²) in [5, 5.41) is 0.